The van der Waals surface area contributed by atoms with Crippen LogP contribution in [-0.4, -0.2) is 41.2 Å². The number of benzene rings is 1. The van der Waals surface area contributed by atoms with E-state index >= 15 is 0 Å². The van der Waals surface area contributed by atoms with Gasteiger partial charge in [0, 0.05) is 6.54 Å². The highest BCUT2D eigenvalue weighted by atomic mass is 19.4. The smallest absolute Gasteiger partial charge is 0.391 e. The third kappa shape index (κ3) is 4.56. The van der Waals surface area contributed by atoms with Crippen LogP contribution in [0.15, 0.2) is 23.2 Å². The van der Waals surface area contributed by atoms with Crippen molar-refractivity contribution in [3.05, 3.63) is 34.9 Å². The molecule has 0 saturated carbocycles. The van der Waals surface area contributed by atoms with Crippen molar-refractivity contribution in [2.75, 3.05) is 13.1 Å². The second-order valence-electron chi connectivity index (χ2n) is 5.86. The van der Waals surface area contributed by atoms with E-state index in [1.165, 1.54) is 11.8 Å². The van der Waals surface area contributed by atoms with E-state index in [0.717, 1.165) is 0 Å². The van der Waals surface area contributed by atoms with Crippen molar-refractivity contribution in [3.8, 4) is 0 Å². The van der Waals surface area contributed by atoms with Gasteiger partial charge in [0.25, 0.3) is 0 Å². The van der Waals surface area contributed by atoms with Gasteiger partial charge in [0.05, 0.1) is 29.8 Å². The van der Waals surface area contributed by atoms with Crippen molar-refractivity contribution in [1.29, 1.82) is 0 Å². The van der Waals surface area contributed by atoms with Crippen molar-refractivity contribution in [2.45, 2.75) is 37.8 Å². The van der Waals surface area contributed by atoms with Crippen LogP contribution in [0.3, 0.4) is 0 Å². The van der Waals surface area contributed by atoms with E-state index in [1.807, 2.05) is 0 Å². The fraction of sp³-hybridized carbons (Fsp3) is 0.533. The molecule has 0 aliphatic carbocycles. The number of aliphatic hydroxyl groups excluding tert-OH is 1. The fourth-order valence-electron chi connectivity index (χ4n) is 2.65. The van der Waals surface area contributed by atoms with Crippen LogP contribution in [0.1, 0.15) is 23.6 Å². The van der Waals surface area contributed by atoms with Gasteiger partial charge in [-0.05, 0) is 37.1 Å². The Morgan fingerprint density at radius 3 is 2.12 bits per heavy atom. The number of halogens is 6. The lowest BCUT2D eigenvalue weighted by molar-refractivity contribution is -0.143. The molecule has 4 nitrogen and oxygen atoms in total. The molecule has 1 aliphatic rings. The molecular weight excluding hydrogens is 352 g/mol. The fourth-order valence-corrected chi connectivity index (χ4v) is 2.65. The van der Waals surface area contributed by atoms with Gasteiger partial charge in [0.1, 0.15) is 0 Å². The maximum absolute atomic E-state index is 12.9. The molecule has 1 aliphatic heterocycles. The largest absolute Gasteiger partial charge is 0.416 e. The molecule has 0 fully saturated rings. The Hall–Kier alpha value is -1.97. The van der Waals surface area contributed by atoms with Crippen molar-refractivity contribution in [3.63, 3.8) is 0 Å². The number of nitrogens with two attached hydrogens (primary N) is 1. The Balaban J connectivity index is 2.25. The molecule has 10 heteroatoms. The van der Waals surface area contributed by atoms with Crippen LogP contribution in [0.4, 0.5) is 26.3 Å². The number of aliphatic imine (C=N–C) groups is 1. The first kappa shape index (κ1) is 19.4. The highest BCUT2D eigenvalue weighted by Gasteiger charge is 2.37. The standard InChI is InChI=1S/C15H17F6N3O/c1-8(25)12-7-23-13(22)24(12)3-2-9-4-10(14(16,17)18)6-11(5-9)15(19,20)21/h4-6,8,12,25H,2-3,7H2,1H3,(H2,22,23). The van der Waals surface area contributed by atoms with Crippen molar-refractivity contribution < 1.29 is 31.4 Å². The van der Waals surface area contributed by atoms with Crippen molar-refractivity contribution in [2.24, 2.45) is 10.7 Å². The maximum Gasteiger partial charge on any atom is 0.416 e. The summed E-state index contributed by atoms with van der Waals surface area (Å²) in [5.74, 6) is 0.105. The second-order valence-corrected chi connectivity index (χ2v) is 5.86. The number of aliphatic hydroxyl groups is 1. The molecule has 2 unspecified atom stereocenters. The van der Waals surface area contributed by atoms with Gasteiger partial charge >= 0.3 is 12.4 Å². The lowest BCUT2D eigenvalue weighted by Gasteiger charge is -2.28. The Morgan fingerprint density at radius 1 is 1.16 bits per heavy atom. The molecule has 140 valence electrons. The summed E-state index contributed by atoms with van der Waals surface area (Å²) in [6.07, 6.45) is -10.7. The van der Waals surface area contributed by atoms with Crippen LogP contribution in [0.2, 0.25) is 0 Å². The Morgan fingerprint density at radius 2 is 1.68 bits per heavy atom. The molecular formula is C15H17F6N3O. The number of alkyl halides is 6. The summed E-state index contributed by atoms with van der Waals surface area (Å²) in [6, 6.07) is 1.02. The van der Waals surface area contributed by atoms with Gasteiger partial charge in [-0.3, -0.25) is 4.99 Å². The minimum absolute atomic E-state index is 0.0451. The number of guanidine groups is 1. The Bertz CT molecular complexity index is 621. The first-order valence-corrected chi connectivity index (χ1v) is 7.42. The van der Waals surface area contributed by atoms with E-state index in [9.17, 15) is 31.4 Å². The molecule has 1 aromatic carbocycles. The van der Waals surface area contributed by atoms with E-state index in [-0.39, 0.29) is 37.1 Å². The number of nitrogens with zero attached hydrogens (tertiary/aromatic N) is 2. The average molecular weight is 369 g/mol. The van der Waals surface area contributed by atoms with Gasteiger partial charge in [0.15, 0.2) is 5.96 Å². The van der Waals surface area contributed by atoms with Gasteiger partial charge < -0.3 is 15.7 Å². The minimum atomic E-state index is -4.88. The SMILES string of the molecule is CC(O)C1CN=C(N)N1CCc1cc(C(F)(F)F)cc(C(F)(F)F)c1. The van der Waals surface area contributed by atoms with Crippen LogP contribution >= 0.6 is 0 Å². The summed E-state index contributed by atoms with van der Waals surface area (Å²) in [4.78, 5) is 5.43. The zero-order valence-electron chi connectivity index (χ0n) is 13.2. The average Bonchev–Trinajstić information content (AvgIpc) is 2.84. The summed E-state index contributed by atoms with van der Waals surface area (Å²) in [5, 5.41) is 9.67. The highest BCUT2D eigenvalue weighted by Crippen LogP contribution is 2.36. The predicted octanol–water partition coefficient (Wildman–Crippen LogP) is 2.65. The molecule has 3 N–H and O–H groups in total. The second kappa shape index (κ2) is 6.74. The van der Waals surface area contributed by atoms with E-state index < -0.39 is 35.6 Å². The Labute approximate surface area is 139 Å². The van der Waals surface area contributed by atoms with Crippen molar-refractivity contribution >= 4 is 5.96 Å². The highest BCUT2D eigenvalue weighted by molar-refractivity contribution is 5.80. The van der Waals surface area contributed by atoms with Gasteiger partial charge in [-0.2, -0.15) is 26.3 Å². The van der Waals surface area contributed by atoms with Crippen molar-refractivity contribution in [1.82, 2.24) is 4.90 Å². The lowest BCUT2D eigenvalue weighted by atomic mass is 10.0. The van der Waals surface area contributed by atoms with E-state index in [0.29, 0.717) is 12.1 Å². The van der Waals surface area contributed by atoms with Gasteiger partial charge in [-0.15, -0.1) is 0 Å². The molecule has 1 heterocycles. The summed E-state index contributed by atoms with van der Waals surface area (Å²) in [6.45, 7) is 1.78. The van der Waals surface area contributed by atoms with E-state index in [2.05, 4.69) is 4.99 Å². The van der Waals surface area contributed by atoms with Gasteiger partial charge in [-0.25, -0.2) is 0 Å². The molecule has 1 aromatic rings. The minimum Gasteiger partial charge on any atom is -0.391 e. The summed E-state index contributed by atoms with van der Waals surface area (Å²) < 4.78 is 77.1. The molecule has 0 bridgehead atoms. The normalized spacial score (nSPS) is 19.9. The van der Waals surface area contributed by atoms with E-state index in [1.54, 1.807) is 0 Å². The molecule has 0 saturated heterocycles. The van der Waals surface area contributed by atoms with Crippen LogP contribution in [-0.2, 0) is 18.8 Å². The van der Waals surface area contributed by atoms with Crippen LogP contribution in [0, 0.1) is 0 Å². The van der Waals surface area contributed by atoms with E-state index in [4.69, 9.17) is 5.73 Å². The zero-order valence-corrected chi connectivity index (χ0v) is 13.2. The van der Waals surface area contributed by atoms with Crippen LogP contribution in [0.25, 0.3) is 0 Å². The first-order chi connectivity index (χ1) is 11.4. The maximum atomic E-state index is 12.9. The Kier molecular flexibility index (Phi) is 5.22. The molecule has 2 rings (SSSR count). The summed E-state index contributed by atoms with van der Waals surface area (Å²) in [7, 11) is 0. The predicted molar refractivity (Wildman–Crippen MR) is 78.8 cm³/mol. The first-order valence-electron chi connectivity index (χ1n) is 7.42. The monoisotopic (exact) mass is 369 g/mol. The number of hydrogen-bond acceptors (Lipinski definition) is 4. The zero-order chi connectivity index (χ0) is 19.0. The number of rotatable bonds is 4. The topological polar surface area (TPSA) is 61.9 Å². The molecule has 2 atom stereocenters. The van der Waals surface area contributed by atoms with Gasteiger partial charge in [-0.1, -0.05) is 0 Å². The summed E-state index contributed by atoms with van der Waals surface area (Å²) >= 11 is 0. The quantitative estimate of drug-likeness (QED) is 0.803. The van der Waals surface area contributed by atoms with Crippen LogP contribution in [0.5, 0.6) is 0 Å². The molecule has 0 aromatic heterocycles. The third-order valence-electron chi connectivity index (χ3n) is 3.98. The van der Waals surface area contributed by atoms with Crippen LogP contribution < -0.4 is 5.73 Å². The lowest BCUT2D eigenvalue weighted by Crippen LogP contribution is -2.46. The number of hydrogen-bond donors (Lipinski definition) is 2. The summed E-state index contributed by atoms with van der Waals surface area (Å²) in [5.41, 5.74) is 2.85. The molecule has 0 spiro atoms. The molecule has 0 amide bonds. The molecule has 0 radical (unpaired) electrons. The molecule has 25 heavy (non-hydrogen) atoms. The third-order valence-corrected chi connectivity index (χ3v) is 3.98. The van der Waals surface area contributed by atoms with Gasteiger partial charge in [0.2, 0.25) is 0 Å².